The molecule has 5 heteroatoms. The lowest BCUT2D eigenvalue weighted by molar-refractivity contribution is 0.416. The number of fused-ring (bicyclic) bond motifs is 1. The summed E-state index contributed by atoms with van der Waals surface area (Å²) in [6, 6.07) is 9.82. The van der Waals surface area contributed by atoms with E-state index in [1.54, 1.807) is 0 Å². The summed E-state index contributed by atoms with van der Waals surface area (Å²) >= 11 is 0. The summed E-state index contributed by atoms with van der Waals surface area (Å²) in [7, 11) is 6.05. The summed E-state index contributed by atoms with van der Waals surface area (Å²) in [6.45, 7) is 1.75. The van der Waals surface area contributed by atoms with Crippen molar-refractivity contribution in [3.8, 4) is 0 Å². The van der Waals surface area contributed by atoms with Crippen LogP contribution in [0.1, 0.15) is 5.56 Å². The van der Waals surface area contributed by atoms with Crippen LogP contribution in [0.15, 0.2) is 30.3 Å². The normalized spacial score (nSPS) is 11.0. The lowest BCUT2D eigenvalue weighted by Crippen LogP contribution is -2.31. The molecule has 0 atom stereocenters. The van der Waals surface area contributed by atoms with Crippen LogP contribution in [0.5, 0.6) is 0 Å². The van der Waals surface area contributed by atoms with Gasteiger partial charge in [-0.05, 0) is 26.2 Å². The van der Waals surface area contributed by atoms with Gasteiger partial charge in [-0.2, -0.15) is 0 Å². The minimum atomic E-state index is 0.0509. The fourth-order valence-corrected chi connectivity index (χ4v) is 2.05. The molecular weight excluding hydrogens is 250 g/mol. The number of amidine groups is 1. The molecule has 5 nitrogen and oxygen atoms in total. The summed E-state index contributed by atoms with van der Waals surface area (Å²) in [5.74, 6) is 0.813. The zero-order valence-electron chi connectivity index (χ0n) is 12.2. The van der Waals surface area contributed by atoms with Crippen molar-refractivity contribution in [2.75, 3.05) is 39.1 Å². The predicted molar refractivity (Wildman–Crippen MR) is 84.6 cm³/mol. The van der Waals surface area contributed by atoms with Crippen LogP contribution < -0.4 is 10.6 Å². The average molecular weight is 271 g/mol. The lowest BCUT2D eigenvalue weighted by atomic mass is 10.1. The lowest BCUT2D eigenvalue weighted by Gasteiger charge is -2.23. The number of anilines is 1. The van der Waals surface area contributed by atoms with Gasteiger partial charge >= 0.3 is 0 Å². The van der Waals surface area contributed by atoms with Gasteiger partial charge < -0.3 is 15.5 Å². The van der Waals surface area contributed by atoms with E-state index in [0.717, 1.165) is 29.8 Å². The number of nitrogen functional groups attached to an aromatic ring is 1. The van der Waals surface area contributed by atoms with E-state index in [9.17, 15) is 0 Å². The van der Waals surface area contributed by atoms with Gasteiger partial charge in [-0.25, -0.2) is 4.98 Å². The first kappa shape index (κ1) is 14.3. The maximum absolute atomic E-state index is 7.76. The Balaban J connectivity index is 2.43. The molecule has 1 heterocycles. The number of benzene rings is 1. The molecule has 0 saturated heterocycles. The first-order valence-electron chi connectivity index (χ1n) is 6.59. The number of likely N-dealkylation sites (N-methyl/N-ethyl adjacent to an activating group) is 2. The number of aromatic nitrogens is 1. The van der Waals surface area contributed by atoms with Gasteiger partial charge in [0.1, 0.15) is 11.7 Å². The fourth-order valence-electron chi connectivity index (χ4n) is 2.05. The summed E-state index contributed by atoms with van der Waals surface area (Å²) in [5, 5.41) is 8.76. The second-order valence-corrected chi connectivity index (χ2v) is 5.19. The molecule has 3 N–H and O–H groups in total. The molecule has 0 amide bonds. The zero-order valence-corrected chi connectivity index (χ0v) is 12.2. The van der Waals surface area contributed by atoms with Gasteiger partial charge in [0, 0.05) is 25.5 Å². The highest BCUT2D eigenvalue weighted by Gasteiger charge is 2.13. The molecule has 1 aromatic carbocycles. The Morgan fingerprint density at radius 1 is 1.20 bits per heavy atom. The minimum absolute atomic E-state index is 0.0509. The highest BCUT2D eigenvalue weighted by atomic mass is 15.2. The first-order valence-corrected chi connectivity index (χ1v) is 6.59. The minimum Gasteiger partial charge on any atom is -0.384 e. The molecule has 1 aromatic heterocycles. The molecule has 0 bridgehead atoms. The summed E-state index contributed by atoms with van der Waals surface area (Å²) < 4.78 is 0. The molecule has 106 valence electrons. The predicted octanol–water partition coefficient (Wildman–Crippen LogP) is 1.52. The van der Waals surface area contributed by atoms with Gasteiger partial charge in [-0.15, -0.1) is 0 Å². The van der Waals surface area contributed by atoms with Crippen LogP contribution in [0.2, 0.25) is 0 Å². The average Bonchev–Trinajstić information content (AvgIpc) is 2.43. The molecule has 0 radical (unpaired) electrons. The largest absolute Gasteiger partial charge is 0.384 e. The Morgan fingerprint density at radius 2 is 1.90 bits per heavy atom. The third-order valence-electron chi connectivity index (χ3n) is 3.24. The third kappa shape index (κ3) is 3.05. The van der Waals surface area contributed by atoms with Crippen molar-refractivity contribution in [2.24, 2.45) is 5.73 Å². The number of rotatable bonds is 5. The molecule has 2 rings (SSSR count). The maximum atomic E-state index is 7.76. The van der Waals surface area contributed by atoms with Gasteiger partial charge in [0.15, 0.2) is 0 Å². The zero-order chi connectivity index (χ0) is 14.7. The van der Waals surface area contributed by atoms with E-state index in [0.29, 0.717) is 5.56 Å². The Bertz CT molecular complexity index is 621. The molecule has 0 fully saturated rings. The van der Waals surface area contributed by atoms with Crippen molar-refractivity contribution < 1.29 is 0 Å². The van der Waals surface area contributed by atoms with Crippen LogP contribution in [-0.4, -0.2) is 50.0 Å². The second-order valence-electron chi connectivity index (χ2n) is 5.19. The molecule has 0 saturated carbocycles. The van der Waals surface area contributed by atoms with E-state index in [1.807, 2.05) is 56.4 Å². The van der Waals surface area contributed by atoms with Crippen molar-refractivity contribution in [3.05, 3.63) is 35.9 Å². The van der Waals surface area contributed by atoms with E-state index < -0.39 is 0 Å². The standard InChI is InChI=1S/C15H21N5/c1-19(2)8-9-20(3)15-12(14(16)17)10-11-6-4-5-7-13(11)18-15/h4-7,10H,8-9H2,1-3H3,(H3,16,17). The quantitative estimate of drug-likeness (QED) is 0.639. The Kier molecular flexibility index (Phi) is 4.20. The van der Waals surface area contributed by atoms with Crippen molar-refractivity contribution in [2.45, 2.75) is 0 Å². The highest BCUT2D eigenvalue weighted by molar-refractivity contribution is 6.02. The van der Waals surface area contributed by atoms with Crippen molar-refractivity contribution in [1.82, 2.24) is 9.88 Å². The third-order valence-corrected chi connectivity index (χ3v) is 3.24. The Morgan fingerprint density at radius 3 is 2.55 bits per heavy atom. The van der Waals surface area contributed by atoms with Crippen LogP contribution in [0.3, 0.4) is 0 Å². The van der Waals surface area contributed by atoms with Crippen molar-refractivity contribution in [1.29, 1.82) is 5.41 Å². The van der Waals surface area contributed by atoms with Gasteiger partial charge in [-0.3, -0.25) is 5.41 Å². The van der Waals surface area contributed by atoms with Crippen molar-refractivity contribution in [3.63, 3.8) is 0 Å². The van der Waals surface area contributed by atoms with E-state index in [2.05, 4.69) is 9.88 Å². The number of nitrogens with two attached hydrogens (primary N) is 1. The number of hydrogen-bond donors (Lipinski definition) is 2. The number of nitrogens with one attached hydrogen (secondary N) is 1. The van der Waals surface area contributed by atoms with Crippen LogP contribution in [0.25, 0.3) is 10.9 Å². The number of pyridine rings is 1. The number of hydrogen-bond acceptors (Lipinski definition) is 4. The summed E-state index contributed by atoms with van der Waals surface area (Å²) in [4.78, 5) is 8.82. The highest BCUT2D eigenvalue weighted by Crippen LogP contribution is 2.22. The monoisotopic (exact) mass is 271 g/mol. The fraction of sp³-hybridized carbons (Fsp3) is 0.333. The SMILES string of the molecule is CN(C)CCN(C)c1nc2ccccc2cc1C(=N)N. The molecular formula is C15H21N5. The summed E-state index contributed by atoms with van der Waals surface area (Å²) in [5.41, 5.74) is 7.31. The van der Waals surface area contributed by atoms with Gasteiger partial charge in [0.2, 0.25) is 0 Å². The topological polar surface area (TPSA) is 69.2 Å². The number of para-hydroxylation sites is 1. The Labute approximate surface area is 119 Å². The molecule has 0 aliphatic carbocycles. The van der Waals surface area contributed by atoms with Crippen molar-refractivity contribution >= 4 is 22.6 Å². The van der Waals surface area contributed by atoms with E-state index in [4.69, 9.17) is 11.1 Å². The number of nitrogens with zero attached hydrogens (tertiary/aromatic N) is 3. The van der Waals surface area contributed by atoms with E-state index >= 15 is 0 Å². The van der Waals surface area contributed by atoms with Gasteiger partial charge in [0.05, 0.1) is 11.1 Å². The van der Waals surface area contributed by atoms with Gasteiger partial charge in [0.25, 0.3) is 0 Å². The molecule has 20 heavy (non-hydrogen) atoms. The second kappa shape index (κ2) is 5.88. The van der Waals surface area contributed by atoms with Crippen LogP contribution in [-0.2, 0) is 0 Å². The molecule has 0 spiro atoms. The molecule has 0 aliphatic rings. The van der Waals surface area contributed by atoms with Crippen LogP contribution in [0.4, 0.5) is 5.82 Å². The molecule has 0 unspecified atom stereocenters. The van der Waals surface area contributed by atoms with Gasteiger partial charge in [-0.1, -0.05) is 18.2 Å². The molecule has 2 aromatic rings. The smallest absolute Gasteiger partial charge is 0.140 e. The molecule has 0 aliphatic heterocycles. The first-order chi connectivity index (χ1) is 9.49. The van der Waals surface area contributed by atoms with Crippen LogP contribution >= 0.6 is 0 Å². The van der Waals surface area contributed by atoms with E-state index in [-0.39, 0.29) is 5.84 Å². The maximum Gasteiger partial charge on any atom is 0.140 e. The summed E-state index contributed by atoms with van der Waals surface area (Å²) in [6.07, 6.45) is 0. The van der Waals surface area contributed by atoms with E-state index in [1.165, 1.54) is 0 Å². The Hall–Kier alpha value is -2.14. The van der Waals surface area contributed by atoms with Crippen LogP contribution in [0, 0.1) is 5.41 Å².